The Hall–Kier alpha value is 1.27. The molecular formula is C30H62N2Zr2+4. The molecule has 34 heavy (non-hydrogen) atoms. The van der Waals surface area contributed by atoms with E-state index in [1.165, 1.54) is 128 Å². The minimum atomic E-state index is -0.250. The first-order chi connectivity index (χ1) is 15.1. The molecule has 4 aliphatic carbocycles. The van der Waals surface area contributed by atoms with Crippen LogP contribution in [-0.2, 0) is 52.4 Å². The third-order valence-corrected chi connectivity index (χ3v) is 5.48. The number of rotatable bonds is 0. The molecule has 0 unspecified atom stereocenters. The van der Waals surface area contributed by atoms with Crippen LogP contribution >= 0.6 is 0 Å². The van der Waals surface area contributed by atoms with Gasteiger partial charge < -0.3 is 17.6 Å². The number of hydrogen-bond acceptors (Lipinski definition) is 1. The van der Waals surface area contributed by atoms with Crippen LogP contribution in [0.2, 0.25) is 0 Å². The van der Waals surface area contributed by atoms with Gasteiger partial charge in [0.25, 0.3) is 0 Å². The van der Waals surface area contributed by atoms with E-state index in [2.05, 4.69) is 11.9 Å². The molecule has 2 nitrogen and oxygen atoms in total. The maximum Gasteiger partial charge on any atom is 4.00 e. The molecule has 4 aliphatic rings. The summed E-state index contributed by atoms with van der Waals surface area (Å²) in [6, 6.07) is 0. The Bertz CT molecular complexity index is 292. The normalized spacial score (nSPS) is 18.6. The van der Waals surface area contributed by atoms with E-state index in [0.29, 0.717) is 0 Å². The van der Waals surface area contributed by atoms with Gasteiger partial charge in [-0.25, -0.2) is 0 Å². The molecule has 0 atom stereocenters. The van der Waals surface area contributed by atoms with Crippen LogP contribution in [0.3, 0.4) is 0 Å². The van der Waals surface area contributed by atoms with E-state index in [0.717, 1.165) is 0 Å². The van der Waals surface area contributed by atoms with Crippen LogP contribution in [0, 0.1) is 6.92 Å². The molecule has 0 aliphatic heterocycles. The number of aliphatic imine (C=N–C) groups is 1. The summed E-state index contributed by atoms with van der Waals surface area (Å²) in [5.41, 5.74) is 6.74. The van der Waals surface area contributed by atoms with Crippen LogP contribution in [0.15, 0.2) is 4.99 Å². The van der Waals surface area contributed by atoms with Gasteiger partial charge in [-0.05, 0) is 20.8 Å². The summed E-state index contributed by atoms with van der Waals surface area (Å²) < 4.78 is 0. The first kappa shape index (κ1) is 42.4. The summed E-state index contributed by atoms with van der Waals surface area (Å²) in [7, 11) is 0. The molecule has 0 amide bonds. The van der Waals surface area contributed by atoms with Gasteiger partial charge in [-0.2, -0.15) is 0 Å². The fourth-order valence-corrected chi connectivity index (χ4v) is 3.81. The van der Waals surface area contributed by atoms with Gasteiger partial charge >= 0.3 is 52.4 Å². The number of hydrogen-bond donors (Lipinski definition) is 0. The molecule has 196 valence electrons. The largest absolute Gasteiger partial charge is 4.00 e. The van der Waals surface area contributed by atoms with Crippen molar-refractivity contribution in [2.75, 3.05) is 0 Å². The van der Waals surface area contributed by atoms with E-state index in [9.17, 15) is 0 Å². The van der Waals surface area contributed by atoms with Crippen molar-refractivity contribution >= 4 is 6.21 Å². The maximum atomic E-state index is 6.94. The van der Waals surface area contributed by atoms with Crippen molar-refractivity contribution < 1.29 is 52.4 Å². The van der Waals surface area contributed by atoms with E-state index >= 15 is 0 Å². The molecule has 0 heterocycles. The first-order valence-corrected chi connectivity index (χ1v) is 14.1. The Balaban J connectivity index is -0.000000157. The second-order valence-corrected chi connectivity index (χ2v) is 11.8. The summed E-state index contributed by atoms with van der Waals surface area (Å²) in [5, 5.41) is 0. The molecule has 0 aromatic heterocycles. The summed E-state index contributed by atoms with van der Waals surface area (Å²) in [6.45, 7) is 15.2. The van der Waals surface area contributed by atoms with Gasteiger partial charge in [0.05, 0.1) is 0 Å². The molecule has 0 aromatic carbocycles. The molecule has 0 radical (unpaired) electrons. The Morgan fingerprint density at radius 2 is 0.618 bits per heavy atom. The smallest absolute Gasteiger partial charge is 0.673 e. The minimum absolute atomic E-state index is 0. The quantitative estimate of drug-likeness (QED) is 0.188. The molecular weight excluding hydrogens is 571 g/mol. The van der Waals surface area contributed by atoms with Crippen LogP contribution in [0.25, 0.3) is 5.73 Å². The monoisotopic (exact) mass is 630 g/mol. The summed E-state index contributed by atoms with van der Waals surface area (Å²) in [5.74, 6) is 0. The fourth-order valence-electron chi connectivity index (χ4n) is 3.81. The van der Waals surface area contributed by atoms with Gasteiger partial charge in [-0.15, -0.1) is 11.8 Å². The van der Waals surface area contributed by atoms with Crippen LogP contribution in [0.4, 0.5) is 0 Å². The van der Waals surface area contributed by atoms with Gasteiger partial charge in [-0.3, -0.25) is 0 Å². The standard InChI is InChI=1S/C6H12N.4C5H10.C4H10N.2Zr/c1-5-7-6(2,3)4;4*1-2-4-5-3-1;1-4(2,3)5;;/h5H,1H2,2-4H3;4*1-5H2;5H,1-3H3;;/q-1;;;;;-1;+2;+4. The van der Waals surface area contributed by atoms with E-state index < -0.39 is 0 Å². The SMILES string of the molecule is C1CCCC1.C1CCCC1.C1CCCC1.C1CCCC1.CC(C)(C)[NH-].[CH2-]C=NC(C)(C)C.[Zr+2].[Zr+4]. The average Bonchev–Trinajstić information content (AvgIpc) is 3.55. The molecule has 0 bridgehead atoms. The van der Waals surface area contributed by atoms with Crippen molar-refractivity contribution in [3.8, 4) is 0 Å². The third kappa shape index (κ3) is 54.3. The minimum Gasteiger partial charge on any atom is -0.673 e. The zero-order chi connectivity index (χ0) is 24.6. The van der Waals surface area contributed by atoms with Gasteiger partial charge in [-0.1, -0.05) is 149 Å². The molecule has 4 saturated carbocycles. The molecule has 1 N–H and O–H groups in total. The fraction of sp³-hybridized carbons (Fsp3) is 0.933. The Labute approximate surface area is 255 Å². The van der Waals surface area contributed by atoms with Crippen molar-refractivity contribution in [2.24, 2.45) is 4.99 Å². The zero-order valence-electron chi connectivity index (χ0n) is 24.4. The molecule has 4 fully saturated rings. The van der Waals surface area contributed by atoms with E-state index in [4.69, 9.17) is 5.73 Å². The van der Waals surface area contributed by atoms with Crippen LogP contribution in [-0.4, -0.2) is 17.3 Å². The van der Waals surface area contributed by atoms with Crippen molar-refractivity contribution in [1.29, 1.82) is 0 Å². The van der Waals surface area contributed by atoms with Crippen molar-refractivity contribution in [3.63, 3.8) is 0 Å². The zero-order valence-corrected chi connectivity index (χ0v) is 29.3. The molecule has 4 heteroatoms. The second kappa shape index (κ2) is 30.5. The van der Waals surface area contributed by atoms with E-state index in [1.807, 2.05) is 41.5 Å². The van der Waals surface area contributed by atoms with Gasteiger partial charge in [0.15, 0.2) is 0 Å². The Kier molecular flexibility index (Phi) is 38.0. The van der Waals surface area contributed by atoms with Crippen molar-refractivity contribution in [2.45, 2.75) is 181 Å². The number of nitrogens with one attached hydrogen (secondary N) is 1. The van der Waals surface area contributed by atoms with Gasteiger partial charge in [0.1, 0.15) is 0 Å². The average molecular weight is 633 g/mol. The second-order valence-electron chi connectivity index (χ2n) is 11.8. The van der Waals surface area contributed by atoms with Gasteiger partial charge in [0, 0.05) is 5.54 Å². The van der Waals surface area contributed by atoms with Crippen LogP contribution < -0.4 is 0 Å². The molecule has 4 rings (SSSR count). The van der Waals surface area contributed by atoms with E-state index in [-0.39, 0.29) is 63.5 Å². The summed E-state index contributed by atoms with van der Waals surface area (Å²) in [6.07, 6.45) is 31.6. The molecule has 0 aromatic rings. The molecule has 0 spiro atoms. The predicted octanol–water partition coefficient (Wildman–Crippen LogP) is 11.3. The molecule has 0 saturated heterocycles. The van der Waals surface area contributed by atoms with Crippen molar-refractivity contribution in [1.82, 2.24) is 0 Å². The third-order valence-electron chi connectivity index (χ3n) is 5.48. The first-order valence-electron chi connectivity index (χ1n) is 14.1. The van der Waals surface area contributed by atoms with E-state index in [1.54, 1.807) is 6.21 Å². The maximum absolute atomic E-state index is 6.94. The number of nitrogens with zero attached hydrogens (tertiary/aromatic N) is 1. The Morgan fingerprint density at radius 3 is 0.647 bits per heavy atom. The summed E-state index contributed by atoms with van der Waals surface area (Å²) in [4.78, 5) is 4.02. The van der Waals surface area contributed by atoms with Crippen LogP contribution in [0.5, 0.6) is 0 Å². The topological polar surface area (TPSA) is 36.2 Å². The Morgan fingerprint density at radius 1 is 0.500 bits per heavy atom. The predicted molar refractivity (Wildman–Crippen MR) is 150 cm³/mol. The summed E-state index contributed by atoms with van der Waals surface area (Å²) >= 11 is 0. The van der Waals surface area contributed by atoms with Gasteiger partial charge in [0.2, 0.25) is 0 Å². The van der Waals surface area contributed by atoms with Crippen LogP contribution in [0.1, 0.15) is 170 Å². The van der Waals surface area contributed by atoms with Crippen molar-refractivity contribution in [3.05, 3.63) is 12.7 Å².